The van der Waals surface area contributed by atoms with Crippen LogP contribution in [0.4, 0.5) is 0 Å². The summed E-state index contributed by atoms with van der Waals surface area (Å²) in [7, 11) is 0. The molecule has 1 atom stereocenters. The Morgan fingerprint density at radius 3 is 2.82 bits per heavy atom. The maximum atomic E-state index is 12.9. The summed E-state index contributed by atoms with van der Waals surface area (Å²) in [6, 6.07) is 8.47. The molecule has 1 aliphatic heterocycles. The number of fused-ring (bicyclic) bond motifs is 2. The van der Waals surface area contributed by atoms with Crippen molar-refractivity contribution in [2.24, 2.45) is 0 Å². The van der Waals surface area contributed by atoms with Crippen LogP contribution in [-0.2, 0) is 17.9 Å². The molecule has 1 aliphatic rings. The Bertz CT molecular complexity index is 1480. The largest absolute Gasteiger partial charge is 0.354 e. The Hall–Kier alpha value is -3.44. The second-order valence-corrected chi connectivity index (χ2v) is 9.29. The van der Waals surface area contributed by atoms with E-state index in [2.05, 4.69) is 20.4 Å². The van der Waals surface area contributed by atoms with Crippen LogP contribution in [-0.4, -0.2) is 47.1 Å². The fourth-order valence-electron chi connectivity index (χ4n) is 3.89. The van der Waals surface area contributed by atoms with Gasteiger partial charge in [0.25, 0.3) is 11.1 Å². The zero-order valence-electron chi connectivity index (χ0n) is 17.9. The highest BCUT2D eigenvalue weighted by molar-refractivity contribution is 7.99. The van der Waals surface area contributed by atoms with Gasteiger partial charge in [-0.3, -0.25) is 23.5 Å². The molecule has 0 saturated heterocycles. The topological polar surface area (TPSA) is 117 Å². The molecule has 12 heteroatoms. The summed E-state index contributed by atoms with van der Waals surface area (Å²) < 4.78 is 4.69. The van der Waals surface area contributed by atoms with Crippen molar-refractivity contribution in [3.05, 3.63) is 80.3 Å². The number of hydrogen-bond donors (Lipinski definition) is 1. The monoisotopic (exact) mass is 497 g/mol. The number of nitrogens with one attached hydrogen (secondary N) is 1. The Labute approximate surface area is 202 Å². The summed E-state index contributed by atoms with van der Waals surface area (Å²) in [5.74, 6) is 0.472. The van der Waals surface area contributed by atoms with Crippen molar-refractivity contribution in [1.82, 2.24) is 34.2 Å². The first kappa shape index (κ1) is 22.4. The molecule has 174 valence electrons. The van der Waals surface area contributed by atoms with E-state index in [1.54, 1.807) is 21.4 Å². The van der Waals surface area contributed by atoms with Crippen LogP contribution in [0.5, 0.6) is 0 Å². The van der Waals surface area contributed by atoms with Gasteiger partial charge in [0.15, 0.2) is 10.8 Å². The Kier molecular flexibility index (Phi) is 6.20. The van der Waals surface area contributed by atoms with E-state index >= 15 is 0 Å². The first-order valence-electron chi connectivity index (χ1n) is 10.6. The highest BCUT2D eigenvalue weighted by Crippen LogP contribution is 2.31. The SMILES string of the molecule is O=C(CC1CSc2nccc(=O)n21)NCCn1ncc2c(=O)n(Cc3ccc(Cl)cc3)cnc21. The Balaban J connectivity index is 1.21. The zero-order chi connectivity index (χ0) is 23.7. The first-order chi connectivity index (χ1) is 16.5. The lowest BCUT2D eigenvalue weighted by Gasteiger charge is -2.13. The maximum absolute atomic E-state index is 12.9. The van der Waals surface area contributed by atoms with Gasteiger partial charge in [0.2, 0.25) is 5.91 Å². The number of aromatic nitrogens is 6. The number of carbonyl (C=O) groups excluding carboxylic acids is 1. The van der Waals surface area contributed by atoms with E-state index in [4.69, 9.17) is 11.6 Å². The van der Waals surface area contributed by atoms with Crippen LogP contribution in [0.3, 0.4) is 0 Å². The molecular weight excluding hydrogens is 478 g/mol. The number of thioether (sulfide) groups is 1. The number of carbonyl (C=O) groups is 1. The van der Waals surface area contributed by atoms with E-state index in [1.165, 1.54) is 41.1 Å². The number of nitrogens with zero attached hydrogens (tertiary/aromatic N) is 6. The van der Waals surface area contributed by atoms with Crippen LogP contribution >= 0.6 is 23.4 Å². The van der Waals surface area contributed by atoms with Gasteiger partial charge in [-0.2, -0.15) is 5.10 Å². The van der Waals surface area contributed by atoms with E-state index < -0.39 is 0 Å². The van der Waals surface area contributed by atoms with Gasteiger partial charge >= 0.3 is 0 Å². The van der Waals surface area contributed by atoms with E-state index in [-0.39, 0.29) is 29.5 Å². The Morgan fingerprint density at radius 1 is 1.18 bits per heavy atom. The fraction of sp³-hybridized carbons (Fsp3) is 0.273. The van der Waals surface area contributed by atoms with Crippen LogP contribution in [0.15, 0.2) is 63.8 Å². The molecule has 0 fully saturated rings. The van der Waals surface area contributed by atoms with E-state index in [0.29, 0.717) is 46.6 Å². The minimum absolute atomic E-state index is 0.149. The van der Waals surface area contributed by atoms with Crippen molar-refractivity contribution in [3.8, 4) is 0 Å². The van der Waals surface area contributed by atoms with Gasteiger partial charge in [-0.1, -0.05) is 35.5 Å². The number of rotatable bonds is 7. The molecule has 1 N–H and O–H groups in total. The van der Waals surface area contributed by atoms with Crippen LogP contribution in [0.25, 0.3) is 11.0 Å². The number of halogens is 1. The molecule has 10 nitrogen and oxygen atoms in total. The lowest BCUT2D eigenvalue weighted by atomic mass is 10.2. The zero-order valence-corrected chi connectivity index (χ0v) is 19.5. The number of amides is 1. The normalized spacial score (nSPS) is 14.9. The second kappa shape index (κ2) is 9.43. The Morgan fingerprint density at radius 2 is 2.00 bits per heavy atom. The third-order valence-electron chi connectivity index (χ3n) is 5.57. The molecule has 0 saturated carbocycles. The third kappa shape index (κ3) is 4.48. The van der Waals surface area contributed by atoms with E-state index in [9.17, 15) is 14.4 Å². The second-order valence-electron chi connectivity index (χ2n) is 7.86. The molecule has 1 amide bonds. The minimum atomic E-state index is -0.215. The molecule has 4 aromatic rings. The van der Waals surface area contributed by atoms with Crippen molar-refractivity contribution in [3.63, 3.8) is 0 Å². The van der Waals surface area contributed by atoms with Crippen LogP contribution < -0.4 is 16.4 Å². The van der Waals surface area contributed by atoms with Gasteiger partial charge in [0, 0.05) is 36.0 Å². The summed E-state index contributed by atoms with van der Waals surface area (Å²) in [6.45, 7) is 1.06. The smallest absolute Gasteiger partial charge is 0.264 e. The predicted octanol–water partition coefficient (Wildman–Crippen LogP) is 1.70. The van der Waals surface area contributed by atoms with E-state index in [1.807, 2.05) is 12.1 Å². The summed E-state index contributed by atoms with van der Waals surface area (Å²) >= 11 is 7.39. The van der Waals surface area contributed by atoms with Crippen molar-refractivity contribution in [1.29, 1.82) is 0 Å². The van der Waals surface area contributed by atoms with E-state index in [0.717, 1.165) is 5.56 Å². The molecule has 0 bridgehead atoms. The van der Waals surface area contributed by atoms with Crippen molar-refractivity contribution in [2.75, 3.05) is 12.3 Å². The van der Waals surface area contributed by atoms with Gasteiger partial charge in [0.1, 0.15) is 11.7 Å². The lowest BCUT2D eigenvalue weighted by Crippen LogP contribution is -2.32. The predicted molar refractivity (Wildman–Crippen MR) is 128 cm³/mol. The average Bonchev–Trinajstić information content (AvgIpc) is 3.43. The van der Waals surface area contributed by atoms with Gasteiger partial charge in [-0.25, -0.2) is 14.6 Å². The summed E-state index contributed by atoms with van der Waals surface area (Å²) in [5.41, 5.74) is 1.06. The number of benzene rings is 1. The third-order valence-corrected chi connectivity index (χ3v) is 6.93. The molecule has 0 radical (unpaired) electrons. The molecule has 5 rings (SSSR count). The minimum Gasteiger partial charge on any atom is -0.354 e. The molecule has 1 unspecified atom stereocenters. The van der Waals surface area contributed by atoms with Crippen LogP contribution in [0.1, 0.15) is 18.0 Å². The van der Waals surface area contributed by atoms with Crippen molar-refractivity contribution in [2.45, 2.75) is 30.7 Å². The van der Waals surface area contributed by atoms with Crippen LogP contribution in [0.2, 0.25) is 5.02 Å². The molecular formula is C22H20ClN7O3S. The molecule has 0 aliphatic carbocycles. The fourth-order valence-corrected chi connectivity index (χ4v) is 5.14. The average molecular weight is 498 g/mol. The highest BCUT2D eigenvalue weighted by Gasteiger charge is 2.26. The quantitative estimate of drug-likeness (QED) is 0.386. The van der Waals surface area contributed by atoms with Gasteiger partial charge in [-0.15, -0.1) is 0 Å². The summed E-state index contributed by atoms with van der Waals surface area (Å²) in [4.78, 5) is 46.0. The first-order valence-corrected chi connectivity index (χ1v) is 12.0. The maximum Gasteiger partial charge on any atom is 0.264 e. The molecule has 4 heterocycles. The highest BCUT2D eigenvalue weighted by atomic mass is 35.5. The summed E-state index contributed by atoms with van der Waals surface area (Å²) in [6.07, 6.45) is 4.67. The summed E-state index contributed by atoms with van der Waals surface area (Å²) in [5, 5.41) is 8.82. The van der Waals surface area contributed by atoms with Gasteiger partial charge in [0.05, 0.1) is 25.3 Å². The van der Waals surface area contributed by atoms with Crippen LogP contribution in [0, 0.1) is 0 Å². The molecule has 34 heavy (non-hydrogen) atoms. The van der Waals surface area contributed by atoms with Gasteiger partial charge in [-0.05, 0) is 17.7 Å². The number of hydrogen-bond acceptors (Lipinski definition) is 7. The molecule has 1 aromatic carbocycles. The lowest BCUT2D eigenvalue weighted by molar-refractivity contribution is -0.121. The van der Waals surface area contributed by atoms with Gasteiger partial charge < -0.3 is 5.32 Å². The molecule has 0 spiro atoms. The van der Waals surface area contributed by atoms with Crippen molar-refractivity contribution >= 4 is 40.3 Å². The standard InChI is InChI=1S/C22H20ClN7O3S/c23-15-3-1-14(2-4-15)11-28-13-26-20-17(21(28)33)10-27-29(20)8-7-24-18(31)9-16-12-34-22-25-6-5-19(32)30(16)22/h1-6,10,13,16H,7-9,11-12H2,(H,24,31). The molecule has 3 aromatic heterocycles. The van der Waals surface area contributed by atoms with Crippen molar-refractivity contribution < 1.29 is 4.79 Å².